The molecule has 0 aliphatic heterocycles. The summed E-state index contributed by atoms with van der Waals surface area (Å²) in [6.45, 7) is 1.84. The first-order valence-corrected chi connectivity index (χ1v) is 4.02. The Kier molecular flexibility index (Phi) is 2.71. The van der Waals surface area contributed by atoms with Crippen LogP contribution in [0.15, 0.2) is 24.3 Å². The van der Waals surface area contributed by atoms with Crippen molar-refractivity contribution in [3.63, 3.8) is 0 Å². The molecule has 0 saturated heterocycles. The number of carboxylic acid groups (broad SMARTS) is 1. The van der Waals surface area contributed by atoms with Gasteiger partial charge in [0.05, 0.1) is 10.9 Å². The first-order chi connectivity index (χ1) is 5.61. The van der Waals surface area contributed by atoms with Crippen LogP contribution in [0, 0.1) is 0 Å². The molecule has 1 rings (SSSR count). The van der Waals surface area contributed by atoms with Gasteiger partial charge in [0, 0.05) is 0 Å². The Morgan fingerprint density at radius 3 is 2.25 bits per heavy atom. The monoisotopic (exact) mass is 184 g/mol. The number of alkyl halides is 1. The highest BCUT2D eigenvalue weighted by Gasteiger charge is 2.03. The molecule has 0 radical (unpaired) electrons. The van der Waals surface area contributed by atoms with Crippen molar-refractivity contribution in [1.29, 1.82) is 0 Å². The van der Waals surface area contributed by atoms with Crippen molar-refractivity contribution in [2.24, 2.45) is 0 Å². The Morgan fingerprint density at radius 2 is 1.92 bits per heavy atom. The van der Waals surface area contributed by atoms with Gasteiger partial charge in [0.2, 0.25) is 0 Å². The number of carbonyl (C=O) groups is 1. The van der Waals surface area contributed by atoms with Crippen LogP contribution in [-0.4, -0.2) is 11.1 Å². The molecular weight excluding hydrogens is 176 g/mol. The van der Waals surface area contributed by atoms with Gasteiger partial charge in [0.1, 0.15) is 0 Å². The van der Waals surface area contributed by atoms with Gasteiger partial charge in [-0.15, -0.1) is 11.6 Å². The SMILES string of the molecule is C[C@H](Cl)c1ccc(C(=O)O)cc1. The van der Waals surface area contributed by atoms with Crippen LogP contribution in [0.5, 0.6) is 0 Å². The van der Waals surface area contributed by atoms with E-state index in [0.29, 0.717) is 0 Å². The second kappa shape index (κ2) is 3.59. The van der Waals surface area contributed by atoms with Crippen LogP contribution in [0.2, 0.25) is 0 Å². The van der Waals surface area contributed by atoms with E-state index in [9.17, 15) is 4.79 Å². The summed E-state index contributed by atoms with van der Waals surface area (Å²) in [5.74, 6) is -0.913. The van der Waals surface area contributed by atoms with Crippen LogP contribution >= 0.6 is 11.6 Å². The van der Waals surface area contributed by atoms with E-state index in [-0.39, 0.29) is 10.9 Å². The molecule has 0 aliphatic carbocycles. The molecule has 12 heavy (non-hydrogen) atoms. The van der Waals surface area contributed by atoms with Crippen molar-refractivity contribution >= 4 is 17.6 Å². The molecule has 1 atom stereocenters. The molecule has 1 aromatic rings. The predicted octanol–water partition coefficient (Wildman–Crippen LogP) is 2.68. The molecule has 3 heteroatoms. The molecule has 0 heterocycles. The lowest BCUT2D eigenvalue weighted by molar-refractivity contribution is 0.0697. The van der Waals surface area contributed by atoms with E-state index in [0.717, 1.165) is 5.56 Å². The highest BCUT2D eigenvalue weighted by atomic mass is 35.5. The van der Waals surface area contributed by atoms with Gasteiger partial charge in [0.25, 0.3) is 0 Å². The first-order valence-electron chi connectivity index (χ1n) is 3.58. The largest absolute Gasteiger partial charge is 0.478 e. The van der Waals surface area contributed by atoms with Crippen LogP contribution < -0.4 is 0 Å². The van der Waals surface area contributed by atoms with Gasteiger partial charge < -0.3 is 5.11 Å². The smallest absolute Gasteiger partial charge is 0.335 e. The first kappa shape index (κ1) is 9.07. The van der Waals surface area contributed by atoms with E-state index < -0.39 is 5.97 Å². The normalized spacial score (nSPS) is 12.5. The molecule has 0 bridgehead atoms. The third kappa shape index (κ3) is 1.98. The number of rotatable bonds is 2. The predicted molar refractivity (Wildman–Crippen MR) is 47.7 cm³/mol. The summed E-state index contributed by atoms with van der Waals surface area (Å²) in [5, 5.41) is 8.51. The molecule has 2 nitrogen and oxygen atoms in total. The van der Waals surface area contributed by atoms with E-state index in [1.54, 1.807) is 24.3 Å². The number of hydrogen-bond donors (Lipinski definition) is 1. The van der Waals surface area contributed by atoms with Gasteiger partial charge in [-0.1, -0.05) is 12.1 Å². The van der Waals surface area contributed by atoms with Gasteiger partial charge in [0.15, 0.2) is 0 Å². The molecule has 0 amide bonds. The Balaban J connectivity index is 2.93. The van der Waals surface area contributed by atoms with Crippen LogP contribution in [0.25, 0.3) is 0 Å². The summed E-state index contributed by atoms with van der Waals surface area (Å²) >= 11 is 5.79. The highest BCUT2D eigenvalue weighted by Crippen LogP contribution is 2.19. The van der Waals surface area contributed by atoms with Crippen LogP contribution in [0.4, 0.5) is 0 Å². The quantitative estimate of drug-likeness (QED) is 0.718. The van der Waals surface area contributed by atoms with Crippen LogP contribution in [0.1, 0.15) is 28.2 Å². The summed E-state index contributed by atoms with van der Waals surface area (Å²) in [7, 11) is 0. The zero-order chi connectivity index (χ0) is 9.14. The topological polar surface area (TPSA) is 37.3 Å². The standard InChI is InChI=1S/C9H9ClO2/c1-6(10)7-2-4-8(5-3-7)9(11)12/h2-6H,1H3,(H,11,12)/t6-/m0/s1. The zero-order valence-electron chi connectivity index (χ0n) is 6.62. The molecule has 0 spiro atoms. The highest BCUT2D eigenvalue weighted by molar-refractivity contribution is 6.20. The maximum Gasteiger partial charge on any atom is 0.335 e. The van der Waals surface area contributed by atoms with E-state index >= 15 is 0 Å². The second-order valence-corrected chi connectivity index (χ2v) is 3.20. The Hall–Kier alpha value is -1.02. The van der Waals surface area contributed by atoms with Gasteiger partial charge in [-0.25, -0.2) is 4.79 Å². The Morgan fingerprint density at radius 1 is 1.42 bits per heavy atom. The van der Waals surface area contributed by atoms with Gasteiger partial charge in [-0.3, -0.25) is 0 Å². The molecule has 64 valence electrons. The minimum Gasteiger partial charge on any atom is -0.478 e. The lowest BCUT2D eigenvalue weighted by atomic mass is 10.1. The molecule has 1 N–H and O–H groups in total. The number of halogens is 1. The van der Waals surface area contributed by atoms with Crippen molar-refractivity contribution in [2.45, 2.75) is 12.3 Å². The minimum absolute atomic E-state index is 0.0761. The Labute approximate surface area is 75.8 Å². The molecular formula is C9H9ClO2. The second-order valence-electron chi connectivity index (χ2n) is 2.54. The maximum atomic E-state index is 10.4. The van der Waals surface area contributed by atoms with Gasteiger partial charge >= 0.3 is 5.97 Å². The van der Waals surface area contributed by atoms with Gasteiger partial charge in [-0.05, 0) is 24.6 Å². The van der Waals surface area contributed by atoms with Crippen LogP contribution in [0.3, 0.4) is 0 Å². The van der Waals surface area contributed by atoms with Crippen molar-refractivity contribution in [3.8, 4) is 0 Å². The van der Waals surface area contributed by atoms with E-state index in [1.165, 1.54) is 0 Å². The number of carboxylic acids is 1. The minimum atomic E-state index is -0.913. The third-order valence-electron chi connectivity index (χ3n) is 1.62. The summed E-state index contributed by atoms with van der Waals surface area (Å²) in [4.78, 5) is 10.4. The molecule has 1 aromatic carbocycles. The van der Waals surface area contributed by atoms with Gasteiger partial charge in [-0.2, -0.15) is 0 Å². The van der Waals surface area contributed by atoms with E-state index in [2.05, 4.69) is 0 Å². The average Bonchev–Trinajstić information content (AvgIpc) is 2.04. The molecule has 0 saturated carbocycles. The zero-order valence-corrected chi connectivity index (χ0v) is 7.38. The van der Waals surface area contributed by atoms with Crippen molar-refractivity contribution < 1.29 is 9.90 Å². The fourth-order valence-corrected chi connectivity index (χ4v) is 1.04. The summed E-state index contributed by atoms with van der Waals surface area (Å²) in [6.07, 6.45) is 0. The van der Waals surface area contributed by atoms with Crippen molar-refractivity contribution in [2.75, 3.05) is 0 Å². The third-order valence-corrected chi connectivity index (χ3v) is 1.87. The Bertz CT molecular complexity index is 277. The fraction of sp³-hybridized carbons (Fsp3) is 0.222. The number of aromatic carboxylic acids is 1. The van der Waals surface area contributed by atoms with Crippen molar-refractivity contribution in [3.05, 3.63) is 35.4 Å². The summed E-state index contributed by atoms with van der Waals surface area (Å²) in [6, 6.07) is 6.55. The lowest BCUT2D eigenvalue weighted by Gasteiger charge is -2.02. The summed E-state index contributed by atoms with van der Waals surface area (Å²) < 4.78 is 0. The van der Waals surface area contributed by atoms with Crippen LogP contribution in [-0.2, 0) is 0 Å². The average molecular weight is 185 g/mol. The fourth-order valence-electron chi connectivity index (χ4n) is 0.891. The molecule has 0 fully saturated rings. The van der Waals surface area contributed by atoms with Crippen molar-refractivity contribution in [1.82, 2.24) is 0 Å². The molecule has 0 aromatic heterocycles. The molecule has 0 unspecified atom stereocenters. The van der Waals surface area contributed by atoms with E-state index in [1.807, 2.05) is 6.92 Å². The molecule has 0 aliphatic rings. The van der Waals surface area contributed by atoms with E-state index in [4.69, 9.17) is 16.7 Å². The summed E-state index contributed by atoms with van der Waals surface area (Å²) in [5.41, 5.74) is 1.22. The maximum absolute atomic E-state index is 10.4. The lowest BCUT2D eigenvalue weighted by Crippen LogP contribution is -1.95. The number of hydrogen-bond acceptors (Lipinski definition) is 1. The number of benzene rings is 1.